The van der Waals surface area contributed by atoms with Crippen molar-refractivity contribution in [3.8, 4) is 0 Å². The van der Waals surface area contributed by atoms with E-state index in [4.69, 9.17) is 27.3 Å². The predicted octanol–water partition coefficient (Wildman–Crippen LogP) is 1.40. The number of azide groups is 1. The molecule has 7 heteroatoms. The summed E-state index contributed by atoms with van der Waals surface area (Å²) in [5.41, 5.74) is 7.88. The van der Waals surface area contributed by atoms with Crippen molar-refractivity contribution in [2.75, 3.05) is 33.0 Å². The highest BCUT2D eigenvalue weighted by atomic mass is 16.5. The Hall–Kier alpha value is -1.30. The zero-order chi connectivity index (χ0) is 17.9. The highest BCUT2D eigenvalue weighted by Gasteiger charge is 1.94. The minimum absolute atomic E-state index is 0.225. The Morgan fingerprint density at radius 1 is 1.54 bits per heavy atom. The summed E-state index contributed by atoms with van der Waals surface area (Å²) in [6.07, 6.45) is 0. The lowest BCUT2D eigenvalue weighted by Crippen LogP contribution is -2.12. The van der Waals surface area contributed by atoms with Crippen LogP contribution in [0.2, 0.25) is 0 Å². The molecule has 0 saturated carbocycles. The quantitative estimate of drug-likeness (QED) is 0.280. The molecule has 1 N–H and O–H groups in total. The Kier molecular flexibility index (Phi) is 4.19. The number of rotatable bonds is 8. The monoisotopic (exact) mass is 205 g/mol. The minimum atomic E-state index is -1.01. The number of ether oxygens (including phenoxy) is 2. The molecule has 0 rings (SSSR count). The molecule has 0 bridgehead atoms. The summed E-state index contributed by atoms with van der Waals surface area (Å²) >= 11 is 0. The van der Waals surface area contributed by atoms with E-state index >= 15 is 0 Å². The van der Waals surface area contributed by atoms with Crippen LogP contribution in [0.5, 0.6) is 0 Å². The van der Waals surface area contributed by atoms with Gasteiger partial charge in [-0.15, -0.1) is 0 Å². The van der Waals surface area contributed by atoms with Crippen molar-refractivity contribution in [3.05, 3.63) is 10.4 Å². The third-order valence-corrected chi connectivity index (χ3v) is 0.996. The molecule has 0 radical (unpaired) electrons. The molecule has 0 aliphatic heterocycles. The van der Waals surface area contributed by atoms with Gasteiger partial charge in [-0.1, -0.05) is 5.11 Å². The average Bonchev–Trinajstić information content (AvgIpc) is 2.57. The van der Waals surface area contributed by atoms with Gasteiger partial charge in [-0.05, 0) is 5.53 Å². The Morgan fingerprint density at radius 3 is 2.85 bits per heavy atom. The van der Waals surface area contributed by atoms with Crippen molar-refractivity contribution < 1.29 is 31.3 Å². The molecule has 0 heterocycles. The Balaban J connectivity index is -0.0000000912. The van der Waals surface area contributed by atoms with E-state index in [1.165, 1.54) is 0 Å². The SMILES string of the molecule is [2H][2H].[2H][2H].[2H][2H].[2H][2H].[N-]=[N+]=NCCOCCOCC(=O)O. The van der Waals surface area contributed by atoms with E-state index in [2.05, 4.69) is 14.8 Å². The first-order chi connectivity index (χ1) is 10.3. The molecule has 0 unspecified atom stereocenters. The van der Waals surface area contributed by atoms with E-state index in [1.54, 1.807) is 0 Å². The van der Waals surface area contributed by atoms with Gasteiger partial charge in [0.25, 0.3) is 0 Å². The molecule has 0 aliphatic carbocycles. The molecule has 0 aliphatic rings. The molecular formula is C6H19N3O4. The molecule has 13 heavy (non-hydrogen) atoms. The van der Waals surface area contributed by atoms with Gasteiger partial charge in [0.1, 0.15) is 6.61 Å². The van der Waals surface area contributed by atoms with Gasteiger partial charge in [-0.3, -0.25) is 0 Å². The summed E-state index contributed by atoms with van der Waals surface area (Å²) in [7, 11) is 0. The molecule has 7 nitrogen and oxygen atoms in total. The van der Waals surface area contributed by atoms with Crippen LogP contribution >= 0.6 is 0 Å². The van der Waals surface area contributed by atoms with Crippen LogP contribution in [0.3, 0.4) is 0 Å². The topological polar surface area (TPSA) is 105 Å². The molecule has 0 atom stereocenters. The Morgan fingerprint density at radius 2 is 2.23 bits per heavy atom. The summed E-state index contributed by atoms with van der Waals surface area (Å²) in [5.74, 6) is -1.01. The largest absolute Gasteiger partial charge is 0.480 e. The van der Waals surface area contributed by atoms with Crippen molar-refractivity contribution in [1.82, 2.24) is 0 Å². The van der Waals surface area contributed by atoms with Gasteiger partial charge in [0.2, 0.25) is 0 Å². The number of aliphatic carboxylic acids is 1. The van der Waals surface area contributed by atoms with E-state index in [0.29, 0.717) is 13.2 Å². The van der Waals surface area contributed by atoms with Crippen LogP contribution in [0.1, 0.15) is 11.9 Å². The van der Waals surface area contributed by atoms with E-state index < -0.39 is 5.97 Å². The van der Waals surface area contributed by atoms with E-state index in [0.717, 1.165) is 0 Å². The van der Waals surface area contributed by atoms with Crippen molar-refractivity contribution in [2.45, 2.75) is 0 Å². The number of nitrogens with zero attached hydrogens (tertiary/aromatic N) is 3. The molecule has 0 spiro atoms. The van der Waals surface area contributed by atoms with Gasteiger partial charge in [0.05, 0.1) is 19.8 Å². The molecule has 0 aromatic rings. The molecule has 82 valence electrons. The first-order valence-electron chi connectivity index (χ1n) is 7.65. The second-order valence-electron chi connectivity index (χ2n) is 2.01. The first-order valence-corrected chi connectivity index (χ1v) is 3.65. The first kappa shape index (κ1) is 6.20. The summed E-state index contributed by atoms with van der Waals surface area (Å²) < 4.78 is 49.6. The molecule has 0 aromatic heterocycles. The second-order valence-corrected chi connectivity index (χ2v) is 2.01. The minimum Gasteiger partial charge on any atom is -0.480 e. The summed E-state index contributed by atoms with van der Waals surface area (Å²) in [6.45, 7) is 0.798. The molecular weight excluding hydrogens is 178 g/mol. The van der Waals surface area contributed by atoms with Gasteiger partial charge < -0.3 is 14.6 Å². The van der Waals surface area contributed by atoms with Gasteiger partial charge in [0.15, 0.2) is 0 Å². The second kappa shape index (κ2) is 8.79. The van der Waals surface area contributed by atoms with Crippen LogP contribution in [-0.4, -0.2) is 44.0 Å². The number of carboxylic acid groups (broad SMARTS) is 1. The van der Waals surface area contributed by atoms with Crippen molar-refractivity contribution >= 4 is 5.97 Å². The van der Waals surface area contributed by atoms with Gasteiger partial charge in [0, 0.05) is 23.3 Å². The van der Waals surface area contributed by atoms with Crippen LogP contribution in [0.4, 0.5) is 0 Å². The molecule has 0 saturated heterocycles. The van der Waals surface area contributed by atoms with Crippen LogP contribution in [0.25, 0.3) is 10.4 Å². The van der Waals surface area contributed by atoms with Gasteiger partial charge in [-0.2, -0.15) is 0 Å². The number of hydrogen-bond acceptors (Lipinski definition) is 4. The zero-order valence-electron chi connectivity index (χ0n) is 15.0. The van der Waals surface area contributed by atoms with Gasteiger partial charge in [-0.25, -0.2) is 4.79 Å². The fourth-order valence-electron chi connectivity index (χ4n) is 0.529. The molecule has 0 amide bonds. The molecule has 0 fully saturated rings. The van der Waals surface area contributed by atoms with Crippen LogP contribution in [-0.2, 0) is 14.3 Å². The third kappa shape index (κ3) is 10.7. The van der Waals surface area contributed by atoms with Gasteiger partial charge >= 0.3 is 5.97 Å². The fraction of sp³-hybridized carbons (Fsp3) is 0.833. The van der Waals surface area contributed by atoms with Crippen molar-refractivity contribution in [2.24, 2.45) is 5.11 Å². The number of hydrogen-bond donors (Lipinski definition) is 1. The van der Waals surface area contributed by atoms with Crippen LogP contribution < -0.4 is 0 Å². The lowest BCUT2D eigenvalue weighted by Gasteiger charge is -2.01. The predicted molar refractivity (Wildman–Crippen MR) is 51.7 cm³/mol. The van der Waals surface area contributed by atoms with E-state index in [-0.39, 0.29) is 19.8 Å². The van der Waals surface area contributed by atoms with Crippen LogP contribution in [0, 0.1) is 0 Å². The average molecular weight is 205 g/mol. The summed E-state index contributed by atoms with van der Waals surface area (Å²) in [6, 6.07) is 0. The van der Waals surface area contributed by atoms with Crippen LogP contribution in [0.15, 0.2) is 5.11 Å². The molecule has 0 aromatic carbocycles. The number of carboxylic acids is 1. The van der Waals surface area contributed by atoms with E-state index in [1.807, 2.05) is 0 Å². The summed E-state index contributed by atoms with van der Waals surface area (Å²) in [4.78, 5) is 12.5. The van der Waals surface area contributed by atoms with Crippen molar-refractivity contribution in [1.29, 1.82) is 0 Å². The highest BCUT2D eigenvalue weighted by molar-refractivity contribution is 5.67. The smallest absolute Gasteiger partial charge is 0.329 e. The maximum atomic E-state index is 9.95. The maximum absolute atomic E-state index is 9.95. The van der Waals surface area contributed by atoms with Crippen molar-refractivity contribution in [3.63, 3.8) is 0 Å². The fourth-order valence-corrected chi connectivity index (χ4v) is 0.529. The standard InChI is InChI=1S/C6H11N3O4.4H2/c7-9-8-1-2-12-3-4-13-5-6(10)11;;;;/h1-5H2,(H,10,11);4*1H/i;4*1+1D. The maximum Gasteiger partial charge on any atom is 0.329 e. The Labute approximate surface area is 87.2 Å². The normalized spacial score (nSPS) is 11.7. The Bertz CT molecular complexity index is 204. The highest BCUT2D eigenvalue weighted by Crippen LogP contribution is 1.80. The van der Waals surface area contributed by atoms with E-state index in [9.17, 15) is 4.79 Å². The lowest BCUT2D eigenvalue weighted by atomic mass is 10.7. The third-order valence-electron chi connectivity index (χ3n) is 0.996. The zero-order valence-corrected chi connectivity index (χ0v) is 7.05. The lowest BCUT2D eigenvalue weighted by molar-refractivity contribution is -0.142. The number of carbonyl (C=O) groups is 1. The summed E-state index contributed by atoms with van der Waals surface area (Å²) in [5, 5.41) is 11.4.